The van der Waals surface area contributed by atoms with Crippen molar-refractivity contribution >= 4 is 11.9 Å². The molecule has 0 aliphatic heterocycles. The van der Waals surface area contributed by atoms with Crippen LogP contribution in [0.5, 0.6) is 0 Å². The molecule has 0 spiro atoms. The first-order valence-corrected chi connectivity index (χ1v) is 12.3. The fraction of sp³-hybridized carbons (Fsp3) is 0.741. The molecule has 174 valence electrons. The maximum Gasteiger partial charge on any atom is 0.302 e. The Bertz CT molecular complexity index is 883. The number of nitrogens with zero attached hydrogens (tertiary/aromatic N) is 1. The van der Waals surface area contributed by atoms with E-state index in [0.29, 0.717) is 23.7 Å². The number of carbonyl (C=O) groups excluding carboxylic acids is 2. The Morgan fingerprint density at radius 2 is 1.91 bits per heavy atom. The average molecular weight is 440 g/mol. The summed E-state index contributed by atoms with van der Waals surface area (Å²) in [7, 11) is 0. The summed E-state index contributed by atoms with van der Waals surface area (Å²) in [6.45, 7) is 8.05. The van der Waals surface area contributed by atoms with E-state index in [1.165, 1.54) is 32.3 Å². The number of fused-ring (bicyclic) bond motifs is 5. The lowest BCUT2D eigenvalue weighted by atomic mass is 9.47. The van der Waals surface area contributed by atoms with Gasteiger partial charge < -0.3 is 9.47 Å². The molecule has 3 saturated carbocycles. The number of allylic oxidation sites excluding steroid dienone is 2. The first kappa shape index (κ1) is 23.1. The van der Waals surface area contributed by atoms with Crippen molar-refractivity contribution in [2.45, 2.75) is 85.2 Å². The van der Waals surface area contributed by atoms with E-state index in [1.54, 1.807) is 6.08 Å². The standard InChI is InChI=1S/C27H37NO4/c1-17(29)31-16-19(11-14-28)23-7-8-24-22-6-5-20-15-21(32-18(2)30)9-12-26(20,3)25(22)10-13-27(23,24)4/h5,11,21-25H,6-10,12-13,15-16H2,1-4H3/b19-11+/t21-,22-,23+,24-,25-,26-,27+/m0/s1. The minimum atomic E-state index is -0.292. The first-order valence-electron chi connectivity index (χ1n) is 12.3. The van der Waals surface area contributed by atoms with Crippen LogP contribution in [0, 0.1) is 45.8 Å². The lowest BCUT2D eigenvalue weighted by Crippen LogP contribution is -2.50. The summed E-state index contributed by atoms with van der Waals surface area (Å²) in [4.78, 5) is 22.9. The molecule has 3 fully saturated rings. The van der Waals surface area contributed by atoms with Crippen LogP contribution in [0.25, 0.3) is 0 Å². The lowest BCUT2D eigenvalue weighted by Gasteiger charge is -2.58. The third-order valence-electron chi connectivity index (χ3n) is 9.53. The quantitative estimate of drug-likeness (QED) is 0.328. The van der Waals surface area contributed by atoms with E-state index >= 15 is 0 Å². The number of rotatable bonds is 4. The molecule has 5 nitrogen and oxygen atoms in total. The van der Waals surface area contributed by atoms with Gasteiger partial charge in [-0.25, -0.2) is 0 Å². The molecule has 0 heterocycles. The molecule has 0 bridgehead atoms. The van der Waals surface area contributed by atoms with Gasteiger partial charge in [0, 0.05) is 26.3 Å². The topological polar surface area (TPSA) is 76.4 Å². The van der Waals surface area contributed by atoms with E-state index in [2.05, 4.69) is 26.0 Å². The third-order valence-corrected chi connectivity index (χ3v) is 9.53. The van der Waals surface area contributed by atoms with E-state index in [9.17, 15) is 14.9 Å². The van der Waals surface area contributed by atoms with Crippen LogP contribution in [0.1, 0.15) is 79.1 Å². The van der Waals surface area contributed by atoms with E-state index < -0.39 is 0 Å². The van der Waals surface area contributed by atoms with Crippen molar-refractivity contribution in [3.63, 3.8) is 0 Å². The van der Waals surface area contributed by atoms with Gasteiger partial charge in [0.25, 0.3) is 0 Å². The van der Waals surface area contributed by atoms with Crippen molar-refractivity contribution in [1.29, 1.82) is 5.26 Å². The number of carbonyl (C=O) groups is 2. The second kappa shape index (κ2) is 8.69. The summed E-state index contributed by atoms with van der Waals surface area (Å²) >= 11 is 0. The summed E-state index contributed by atoms with van der Waals surface area (Å²) in [6, 6.07) is 2.20. The molecule has 4 rings (SSSR count). The maximum absolute atomic E-state index is 11.5. The van der Waals surface area contributed by atoms with E-state index in [4.69, 9.17) is 9.47 Å². The molecular formula is C27H37NO4. The van der Waals surface area contributed by atoms with E-state index in [-0.39, 0.29) is 35.5 Å². The van der Waals surface area contributed by atoms with E-state index in [1.807, 2.05) is 0 Å². The van der Waals surface area contributed by atoms with Crippen LogP contribution in [0.15, 0.2) is 23.3 Å². The molecule has 4 aliphatic rings. The zero-order valence-corrected chi connectivity index (χ0v) is 20.0. The van der Waals surface area contributed by atoms with Gasteiger partial charge in [-0.3, -0.25) is 9.59 Å². The number of ether oxygens (including phenoxy) is 2. The maximum atomic E-state index is 11.5. The molecule has 7 atom stereocenters. The highest BCUT2D eigenvalue weighted by Crippen LogP contribution is 2.67. The minimum absolute atomic E-state index is 0.0352. The van der Waals surface area contributed by atoms with Gasteiger partial charge in [0.15, 0.2) is 0 Å². The van der Waals surface area contributed by atoms with Gasteiger partial charge in [-0.2, -0.15) is 5.26 Å². The molecule has 0 saturated heterocycles. The van der Waals surface area contributed by atoms with Crippen LogP contribution < -0.4 is 0 Å². The molecule has 0 aromatic heterocycles. The first-order chi connectivity index (χ1) is 15.2. The van der Waals surface area contributed by atoms with Crippen LogP contribution in [0.3, 0.4) is 0 Å². The Labute approximate surface area is 192 Å². The highest BCUT2D eigenvalue weighted by molar-refractivity contribution is 5.66. The summed E-state index contributed by atoms with van der Waals surface area (Å²) in [5.74, 6) is 1.81. The monoisotopic (exact) mass is 439 g/mol. The van der Waals surface area contributed by atoms with Crippen molar-refractivity contribution in [2.75, 3.05) is 6.61 Å². The molecule has 0 aromatic rings. The van der Waals surface area contributed by atoms with E-state index in [0.717, 1.165) is 44.1 Å². The van der Waals surface area contributed by atoms with Crippen LogP contribution in [-0.2, 0) is 19.1 Å². The number of nitriles is 1. The van der Waals surface area contributed by atoms with Crippen LogP contribution in [0.4, 0.5) is 0 Å². The zero-order valence-electron chi connectivity index (χ0n) is 20.0. The molecule has 0 unspecified atom stereocenters. The fourth-order valence-corrected chi connectivity index (χ4v) is 8.08. The van der Waals surface area contributed by atoms with Gasteiger partial charge in [0.2, 0.25) is 0 Å². The largest absolute Gasteiger partial charge is 0.462 e. The predicted molar refractivity (Wildman–Crippen MR) is 121 cm³/mol. The molecule has 0 N–H and O–H groups in total. The number of hydrogen-bond acceptors (Lipinski definition) is 5. The highest BCUT2D eigenvalue weighted by Gasteiger charge is 2.59. The molecule has 32 heavy (non-hydrogen) atoms. The smallest absolute Gasteiger partial charge is 0.302 e. The minimum Gasteiger partial charge on any atom is -0.462 e. The normalized spacial score (nSPS) is 40.8. The van der Waals surface area contributed by atoms with Gasteiger partial charge >= 0.3 is 11.9 Å². The number of hydrogen-bond donors (Lipinski definition) is 0. The lowest BCUT2D eigenvalue weighted by molar-refractivity contribution is -0.148. The Morgan fingerprint density at radius 3 is 2.59 bits per heavy atom. The molecule has 5 heteroatoms. The van der Waals surface area contributed by atoms with Crippen molar-refractivity contribution in [1.82, 2.24) is 0 Å². The second-order valence-corrected chi connectivity index (χ2v) is 11.0. The van der Waals surface area contributed by atoms with Crippen molar-refractivity contribution < 1.29 is 19.1 Å². The molecule has 4 aliphatic carbocycles. The van der Waals surface area contributed by atoms with Crippen molar-refractivity contribution in [3.05, 3.63) is 23.3 Å². The van der Waals surface area contributed by atoms with Gasteiger partial charge in [-0.05, 0) is 85.0 Å². The molecule has 0 amide bonds. The zero-order chi connectivity index (χ0) is 23.1. The molecular weight excluding hydrogens is 402 g/mol. The summed E-state index contributed by atoms with van der Waals surface area (Å²) in [6.07, 6.45) is 12.8. The second-order valence-electron chi connectivity index (χ2n) is 11.0. The third kappa shape index (κ3) is 3.91. The Hall–Kier alpha value is -2.09. The van der Waals surface area contributed by atoms with Crippen LogP contribution >= 0.6 is 0 Å². The van der Waals surface area contributed by atoms with Gasteiger partial charge in [0.05, 0.1) is 6.07 Å². The van der Waals surface area contributed by atoms with Gasteiger partial charge in [0.1, 0.15) is 12.7 Å². The number of esters is 2. The highest BCUT2D eigenvalue weighted by atomic mass is 16.5. The fourth-order valence-electron chi connectivity index (χ4n) is 8.08. The van der Waals surface area contributed by atoms with Gasteiger partial charge in [-0.15, -0.1) is 0 Å². The molecule has 0 radical (unpaired) electrons. The van der Waals surface area contributed by atoms with Crippen LogP contribution in [-0.4, -0.2) is 24.6 Å². The summed E-state index contributed by atoms with van der Waals surface area (Å²) in [5, 5.41) is 9.36. The van der Waals surface area contributed by atoms with Crippen molar-refractivity contribution in [2.24, 2.45) is 34.5 Å². The Balaban J connectivity index is 1.55. The van der Waals surface area contributed by atoms with Gasteiger partial charge in [-0.1, -0.05) is 25.5 Å². The SMILES string of the molecule is CC(=O)OC/C(=C\C#N)[C@H]1CC[C@H]2[C@@H]3CC=C4C[C@@H](OC(C)=O)CC[C@]4(C)[C@H]3CC[C@]12C. The summed E-state index contributed by atoms with van der Waals surface area (Å²) in [5.41, 5.74) is 2.86. The Kier molecular flexibility index (Phi) is 6.27. The predicted octanol–water partition coefficient (Wildman–Crippen LogP) is 5.51. The Morgan fingerprint density at radius 1 is 1.12 bits per heavy atom. The van der Waals surface area contributed by atoms with Crippen LogP contribution in [0.2, 0.25) is 0 Å². The van der Waals surface area contributed by atoms with Crippen molar-refractivity contribution in [3.8, 4) is 6.07 Å². The molecule has 0 aromatic carbocycles. The summed E-state index contributed by atoms with van der Waals surface area (Å²) < 4.78 is 10.9. The average Bonchev–Trinajstić information content (AvgIpc) is 3.08.